The Hall–Kier alpha value is -2.25. The molecule has 0 atom stereocenters. The third kappa shape index (κ3) is 5.75. The maximum atomic E-state index is 11.8. The number of hydrogen-bond donors (Lipinski definition) is 2. The average Bonchev–Trinajstić information content (AvgIpc) is 2.60. The molecule has 7 heteroatoms. The molecule has 1 fully saturated rings. The topological polar surface area (TPSA) is 87.7 Å². The van der Waals surface area contributed by atoms with Crippen LogP contribution < -0.4 is 10.6 Å². The first-order valence-corrected chi connectivity index (χ1v) is 8.06. The van der Waals surface area contributed by atoms with Crippen LogP contribution in [0.4, 0.5) is 5.69 Å². The van der Waals surface area contributed by atoms with Gasteiger partial charge in [-0.3, -0.25) is 19.3 Å². The molecule has 1 aliphatic heterocycles. The second-order valence-corrected chi connectivity index (χ2v) is 5.65. The van der Waals surface area contributed by atoms with E-state index in [9.17, 15) is 14.4 Å². The van der Waals surface area contributed by atoms with Crippen LogP contribution in [-0.4, -0.2) is 61.9 Å². The lowest BCUT2D eigenvalue weighted by Crippen LogP contribution is -2.39. The number of carbonyl (C=O) groups is 3. The molecule has 24 heavy (non-hydrogen) atoms. The van der Waals surface area contributed by atoms with Gasteiger partial charge in [0.25, 0.3) is 0 Å². The minimum absolute atomic E-state index is 0.0501. The molecule has 0 unspecified atom stereocenters. The average molecular weight is 333 g/mol. The highest BCUT2D eigenvalue weighted by Gasteiger charge is 2.14. The summed E-state index contributed by atoms with van der Waals surface area (Å²) in [5.74, 6) is -1.42. The van der Waals surface area contributed by atoms with Crippen molar-refractivity contribution in [1.29, 1.82) is 0 Å². The standard InChI is InChI=1S/C17H23N3O4/c1-13(21)14-3-5-15(6-4-14)19-17(23)16(22)18-7-2-8-20-9-11-24-12-10-20/h3-6H,2,7-12H2,1H3,(H,18,22)(H,19,23). The summed E-state index contributed by atoms with van der Waals surface area (Å²) >= 11 is 0. The summed E-state index contributed by atoms with van der Waals surface area (Å²) in [5.41, 5.74) is 1.04. The molecule has 1 heterocycles. The molecule has 7 nitrogen and oxygen atoms in total. The van der Waals surface area contributed by atoms with Crippen molar-refractivity contribution in [3.05, 3.63) is 29.8 Å². The summed E-state index contributed by atoms with van der Waals surface area (Å²) in [7, 11) is 0. The van der Waals surface area contributed by atoms with E-state index in [4.69, 9.17) is 4.74 Å². The summed E-state index contributed by atoms with van der Waals surface area (Å²) in [6, 6.07) is 6.41. The van der Waals surface area contributed by atoms with Crippen molar-refractivity contribution in [1.82, 2.24) is 10.2 Å². The largest absolute Gasteiger partial charge is 0.379 e. The van der Waals surface area contributed by atoms with Gasteiger partial charge >= 0.3 is 11.8 Å². The maximum Gasteiger partial charge on any atom is 0.313 e. The summed E-state index contributed by atoms with van der Waals surface area (Å²) in [4.78, 5) is 37.0. The highest BCUT2D eigenvalue weighted by atomic mass is 16.5. The fourth-order valence-corrected chi connectivity index (χ4v) is 2.39. The Balaban J connectivity index is 1.67. The summed E-state index contributed by atoms with van der Waals surface area (Å²) < 4.78 is 5.27. The van der Waals surface area contributed by atoms with Crippen molar-refractivity contribution >= 4 is 23.3 Å². The van der Waals surface area contributed by atoms with Gasteiger partial charge in [0, 0.05) is 30.9 Å². The van der Waals surface area contributed by atoms with E-state index in [2.05, 4.69) is 15.5 Å². The second-order valence-electron chi connectivity index (χ2n) is 5.65. The minimum atomic E-state index is -0.711. The third-order valence-corrected chi connectivity index (χ3v) is 3.80. The zero-order valence-electron chi connectivity index (χ0n) is 13.8. The van der Waals surface area contributed by atoms with E-state index in [-0.39, 0.29) is 5.78 Å². The SMILES string of the molecule is CC(=O)c1ccc(NC(=O)C(=O)NCCCN2CCOCC2)cc1. The van der Waals surface area contributed by atoms with Crippen LogP contribution >= 0.6 is 0 Å². The minimum Gasteiger partial charge on any atom is -0.379 e. The predicted molar refractivity (Wildman–Crippen MR) is 90.0 cm³/mol. The number of benzene rings is 1. The van der Waals surface area contributed by atoms with Gasteiger partial charge < -0.3 is 15.4 Å². The van der Waals surface area contributed by atoms with Crippen molar-refractivity contribution in [2.24, 2.45) is 0 Å². The molecule has 1 saturated heterocycles. The number of nitrogens with zero attached hydrogens (tertiary/aromatic N) is 1. The molecule has 0 bridgehead atoms. The number of Topliss-reactive ketones (excluding diaryl/α,β-unsaturated/α-hetero) is 1. The van der Waals surface area contributed by atoms with Gasteiger partial charge in [-0.05, 0) is 44.2 Å². The predicted octanol–water partition coefficient (Wildman–Crippen LogP) is 0.666. The number of nitrogens with one attached hydrogen (secondary N) is 2. The summed E-state index contributed by atoms with van der Waals surface area (Å²) in [6.45, 7) is 6.10. The van der Waals surface area contributed by atoms with Gasteiger partial charge in [-0.1, -0.05) is 0 Å². The molecule has 1 aliphatic rings. The molecule has 1 aromatic rings. The van der Waals surface area contributed by atoms with E-state index < -0.39 is 11.8 Å². The monoisotopic (exact) mass is 333 g/mol. The van der Waals surface area contributed by atoms with Gasteiger partial charge in [-0.2, -0.15) is 0 Å². The maximum absolute atomic E-state index is 11.8. The summed E-state index contributed by atoms with van der Waals surface area (Å²) in [5, 5.41) is 5.12. The molecular formula is C17H23N3O4. The normalized spacial score (nSPS) is 14.9. The molecule has 0 aliphatic carbocycles. The van der Waals surface area contributed by atoms with Crippen LogP contribution in [0.5, 0.6) is 0 Å². The van der Waals surface area contributed by atoms with E-state index in [0.29, 0.717) is 17.8 Å². The molecule has 0 spiro atoms. The van der Waals surface area contributed by atoms with Crippen LogP contribution in [-0.2, 0) is 14.3 Å². The number of morpholine rings is 1. The van der Waals surface area contributed by atoms with Crippen LogP contribution in [0.1, 0.15) is 23.7 Å². The first-order chi connectivity index (χ1) is 11.6. The number of ether oxygens (including phenoxy) is 1. The molecule has 130 valence electrons. The first kappa shape index (κ1) is 18.1. The quantitative estimate of drug-likeness (QED) is 0.454. The lowest BCUT2D eigenvalue weighted by atomic mass is 10.1. The molecular weight excluding hydrogens is 310 g/mol. The van der Waals surface area contributed by atoms with Gasteiger partial charge in [-0.25, -0.2) is 0 Å². The van der Waals surface area contributed by atoms with E-state index in [1.165, 1.54) is 6.92 Å². The zero-order valence-corrected chi connectivity index (χ0v) is 13.8. The van der Waals surface area contributed by atoms with Crippen molar-refractivity contribution < 1.29 is 19.1 Å². The van der Waals surface area contributed by atoms with E-state index in [0.717, 1.165) is 39.3 Å². The highest BCUT2D eigenvalue weighted by Crippen LogP contribution is 2.09. The van der Waals surface area contributed by atoms with Crippen molar-refractivity contribution in [2.75, 3.05) is 44.7 Å². The van der Waals surface area contributed by atoms with Gasteiger partial charge in [0.2, 0.25) is 0 Å². The fraction of sp³-hybridized carbons (Fsp3) is 0.471. The Morgan fingerprint density at radius 2 is 1.75 bits per heavy atom. The smallest absolute Gasteiger partial charge is 0.313 e. The van der Waals surface area contributed by atoms with E-state index in [1.807, 2.05) is 0 Å². The van der Waals surface area contributed by atoms with Gasteiger partial charge in [-0.15, -0.1) is 0 Å². The Morgan fingerprint density at radius 3 is 2.38 bits per heavy atom. The molecule has 1 aromatic carbocycles. The Bertz CT molecular complexity index is 580. The zero-order chi connectivity index (χ0) is 17.4. The first-order valence-electron chi connectivity index (χ1n) is 8.06. The molecule has 0 radical (unpaired) electrons. The van der Waals surface area contributed by atoms with E-state index in [1.54, 1.807) is 24.3 Å². The number of ketones is 1. The third-order valence-electron chi connectivity index (χ3n) is 3.80. The number of rotatable bonds is 6. The molecule has 0 aromatic heterocycles. The second kappa shape index (κ2) is 9.14. The highest BCUT2D eigenvalue weighted by molar-refractivity contribution is 6.39. The lowest BCUT2D eigenvalue weighted by Gasteiger charge is -2.26. The van der Waals surface area contributed by atoms with Crippen LogP contribution in [0.25, 0.3) is 0 Å². The van der Waals surface area contributed by atoms with Crippen LogP contribution in [0.3, 0.4) is 0 Å². The van der Waals surface area contributed by atoms with Gasteiger partial charge in [0.1, 0.15) is 0 Å². The Kier molecular flexibility index (Phi) is 6.89. The number of anilines is 1. The Morgan fingerprint density at radius 1 is 1.08 bits per heavy atom. The van der Waals surface area contributed by atoms with Crippen LogP contribution in [0, 0.1) is 0 Å². The van der Waals surface area contributed by atoms with Gasteiger partial charge in [0.05, 0.1) is 13.2 Å². The lowest BCUT2D eigenvalue weighted by molar-refractivity contribution is -0.136. The van der Waals surface area contributed by atoms with Gasteiger partial charge in [0.15, 0.2) is 5.78 Å². The Labute approximate surface area is 141 Å². The molecule has 2 rings (SSSR count). The van der Waals surface area contributed by atoms with Crippen molar-refractivity contribution in [3.8, 4) is 0 Å². The number of carbonyl (C=O) groups excluding carboxylic acids is 3. The number of hydrogen-bond acceptors (Lipinski definition) is 5. The summed E-state index contributed by atoms with van der Waals surface area (Å²) in [6.07, 6.45) is 0.784. The van der Waals surface area contributed by atoms with Crippen LogP contribution in [0.15, 0.2) is 24.3 Å². The van der Waals surface area contributed by atoms with Crippen molar-refractivity contribution in [2.45, 2.75) is 13.3 Å². The molecule has 2 amide bonds. The molecule has 0 saturated carbocycles. The van der Waals surface area contributed by atoms with Crippen LogP contribution in [0.2, 0.25) is 0 Å². The number of amides is 2. The van der Waals surface area contributed by atoms with E-state index >= 15 is 0 Å². The van der Waals surface area contributed by atoms with Crippen molar-refractivity contribution in [3.63, 3.8) is 0 Å². The molecule has 2 N–H and O–H groups in total. The fourth-order valence-electron chi connectivity index (χ4n) is 2.39.